The molecule has 7 heteroatoms. The molecular weight excluding hydrogens is 447 g/mol. The summed E-state index contributed by atoms with van der Waals surface area (Å²) in [6, 6.07) is 12.2. The van der Waals surface area contributed by atoms with E-state index in [0.29, 0.717) is 33.6 Å². The second-order valence-electron chi connectivity index (χ2n) is 8.44. The highest BCUT2D eigenvalue weighted by Gasteiger charge is 2.26. The largest absolute Gasteiger partial charge is 0.497 e. The Labute approximate surface area is 200 Å². The minimum Gasteiger partial charge on any atom is -0.497 e. The van der Waals surface area contributed by atoms with Gasteiger partial charge in [0, 0.05) is 23.6 Å². The van der Waals surface area contributed by atoms with Crippen LogP contribution in [0, 0.1) is 11.8 Å². The third kappa shape index (κ3) is 6.71. The number of amides is 1. The molecule has 32 heavy (non-hydrogen) atoms. The number of likely N-dealkylation sites (tertiary alicyclic amines) is 1. The van der Waals surface area contributed by atoms with Gasteiger partial charge in [0.2, 0.25) is 0 Å². The van der Waals surface area contributed by atoms with Crippen molar-refractivity contribution in [3.8, 4) is 5.75 Å². The van der Waals surface area contributed by atoms with Gasteiger partial charge in [0.15, 0.2) is 5.78 Å². The van der Waals surface area contributed by atoms with Crippen LogP contribution < -0.4 is 10.1 Å². The molecule has 0 aromatic heterocycles. The summed E-state index contributed by atoms with van der Waals surface area (Å²) < 4.78 is 5.12. The molecule has 1 unspecified atom stereocenters. The van der Waals surface area contributed by atoms with E-state index in [1.807, 2.05) is 0 Å². The summed E-state index contributed by atoms with van der Waals surface area (Å²) in [6.07, 6.45) is 2.69. The Hall–Kier alpha value is -2.08. The first-order chi connectivity index (χ1) is 15.4. The van der Waals surface area contributed by atoms with Crippen LogP contribution in [0.25, 0.3) is 0 Å². The van der Waals surface area contributed by atoms with Crippen LogP contribution in [0.15, 0.2) is 42.5 Å². The number of carbonyl (C=O) groups is 2. The number of rotatable bonds is 9. The lowest BCUT2D eigenvalue weighted by molar-refractivity contribution is 0.0836. The van der Waals surface area contributed by atoms with Crippen molar-refractivity contribution in [2.24, 2.45) is 11.8 Å². The van der Waals surface area contributed by atoms with Crippen LogP contribution in [0.3, 0.4) is 0 Å². The van der Waals surface area contributed by atoms with Crippen LogP contribution in [-0.4, -0.2) is 49.9 Å². The van der Waals surface area contributed by atoms with Gasteiger partial charge in [-0.15, -0.1) is 0 Å². The predicted octanol–water partition coefficient (Wildman–Crippen LogP) is 5.35. The zero-order valence-corrected chi connectivity index (χ0v) is 20.1. The molecule has 5 nitrogen and oxygen atoms in total. The van der Waals surface area contributed by atoms with Gasteiger partial charge >= 0.3 is 0 Å². The molecule has 1 saturated heterocycles. The molecule has 2 aromatic carbocycles. The Morgan fingerprint density at radius 2 is 1.72 bits per heavy atom. The number of ether oxygens (including phenoxy) is 1. The molecular formula is C25H30Cl2N2O3. The van der Waals surface area contributed by atoms with E-state index in [9.17, 15) is 9.59 Å². The van der Waals surface area contributed by atoms with Gasteiger partial charge in [0.05, 0.1) is 17.2 Å². The van der Waals surface area contributed by atoms with Crippen LogP contribution in [0.4, 0.5) is 0 Å². The normalized spacial score (nSPS) is 15.9. The van der Waals surface area contributed by atoms with E-state index >= 15 is 0 Å². The third-order valence-electron chi connectivity index (χ3n) is 6.06. The Balaban J connectivity index is 1.37. The van der Waals surface area contributed by atoms with Gasteiger partial charge in [-0.2, -0.15) is 0 Å². The van der Waals surface area contributed by atoms with Crippen LogP contribution in [0.2, 0.25) is 10.0 Å². The van der Waals surface area contributed by atoms with Gasteiger partial charge in [0.25, 0.3) is 5.91 Å². The van der Waals surface area contributed by atoms with Crippen molar-refractivity contribution < 1.29 is 14.3 Å². The molecule has 3 rings (SSSR count). The monoisotopic (exact) mass is 476 g/mol. The van der Waals surface area contributed by atoms with Crippen molar-refractivity contribution >= 4 is 34.9 Å². The average Bonchev–Trinajstić information content (AvgIpc) is 2.82. The summed E-state index contributed by atoms with van der Waals surface area (Å²) in [6.45, 7) is 5.56. The molecule has 0 radical (unpaired) electrons. The molecule has 1 amide bonds. The fraction of sp³-hybridized carbons (Fsp3) is 0.440. The number of hydrogen-bond acceptors (Lipinski definition) is 4. The lowest BCUT2D eigenvalue weighted by atomic mass is 9.88. The van der Waals surface area contributed by atoms with E-state index in [4.69, 9.17) is 27.9 Å². The highest BCUT2D eigenvalue weighted by Crippen LogP contribution is 2.27. The van der Waals surface area contributed by atoms with E-state index in [1.54, 1.807) is 49.6 Å². The molecule has 2 aromatic rings. The van der Waals surface area contributed by atoms with Crippen molar-refractivity contribution in [3.63, 3.8) is 0 Å². The maximum atomic E-state index is 12.8. The highest BCUT2D eigenvalue weighted by molar-refractivity contribution is 6.42. The molecule has 1 aliphatic rings. The maximum Gasteiger partial charge on any atom is 0.251 e. The number of carbonyl (C=O) groups excluding carboxylic acids is 2. The smallest absolute Gasteiger partial charge is 0.251 e. The van der Waals surface area contributed by atoms with E-state index in [0.717, 1.165) is 44.6 Å². The van der Waals surface area contributed by atoms with E-state index in [-0.39, 0.29) is 17.6 Å². The van der Waals surface area contributed by atoms with Crippen LogP contribution in [0.1, 0.15) is 46.9 Å². The number of ketones is 1. The number of halogens is 2. The first-order valence-corrected chi connectivity index (χ1v) is 11.8. The van der Waals surface area contributed by atoms with Crippen molar-refractivity contribution in [2.45, 2.75) is 26.2 Å². The summed E-state index contributed by atoms with van der Waals surface area (Å²) in [7, 11) is 1.60. The molecule has 1 aliphatic heterocycles. The predicted molar refractivity (Wildman–Crippen MR) is 129 cm³/mol. The van der Waals surface area contributed by atoms with Gasteiger partial charge in [0.1, 0.15) is 5.75 Å². The van der Waals surface area contributed by atoms with Crippen LogP contribution in [0.5, 0.6) is 5.75 Å². The zero-order valence-electron chi connectivity index (χ0n) is 18.6. The Bertz CT molecular complexity index is 925. The topological polar surface area (TPSA) is 58.6 Å². The second kappa shape index (κ2) is 11.7. The van der Waals surface area contributed by atoms with E-state index in [1.165, 1.54) is 0 Å². The minimum absolute atomic E-state index is 0.0321. The first kappa shape index (κ1) is 24.6. The Morgan fingerprint density at radius 1 is 1.06 bits per heavy atom. The summed E-state index contributed by atoms with van der Waals surface area (Å²) in [5, 5.41) is 3.89. The molecule has 1 atom stereocenters. The molecule has 1 N–H and O–H groups in total. The number of nitrogens with zero attached hydrogens (tertiary/aromatic N) is 1. The Kier molecular flexibility index (Phi) is 8.97. The Morgan fingerprint density at radius 3 is 2.34 bits per heavy atom. The minimum atomic E-state index is -0.0684. The third-order valence-corrected chi connectivity index (χ3v) is 6.80. The molecule has 1 heterocycles. The SMILES string of the molecule is COc1ccc(C(=O)NCC(C)CCN2CCC(C(=O)c3ccc(Cl)c(Cl)c3)CC2)cc1. The van der Waals surface area contributed by atoms with E-state index in [2.05, 4.69) is 17.1 Å². The molecule has 0 aliphatic carbocycles. The summed E-state index contributed by atoms with van der Waals surface area (Å²) in [4.78, 5) is 27.5. The number of piperidine rings is 1. The standard InChI is InChI=1S/C25H30Cl2N2O3/c1-17(16-28-25(31)19-3-6-21(32-2)7-4-19)9-12-29-13-10-18(11-14-29)24(30)20-5-8-22(26)23(27)15-20/h3-8,15,17-18H,9-14,16H2,1-2H3,(H,28,31). The number of benzene rings is 2. The average molecular weight is 477 g/mol. The maximum absolute atomic E-state index is 12.8. The summed E-state index contributed by atoms with van der Waals surface area (Å²) in [5.74, 6) is 1.22. The molecule has 0 saturated carbocycles. The van der Waals surface area contributed by atoms with Gasteiger partial charge in [-0.25, -0.2) is 0 Å². The van der Waals surface area contributed by atoms with Crippen molar-refractivity contribution in [1.82, 2.24) is 10.2 Å². The van der Waals surface area contributed by atoms with Crippen LogP contribution >= 0.6 is 23.2 Å². The number of Topliss-reactive ketones (excluding diaryl/α,β-unsaturated/α-hetero) is 1. The van der Waals surface area contributed by atoms with Gasteiger partial charge in [-0.3, -0.25) is 9.59 Å². The van der Waals surface area contributed by atoms with Gasteiger partial charge in [-0.1, -0.05) is 30.1 Å². The summed E-state index contributed by atoms with van der Waals surface area (Å²) in [5.41, 5.74) is 1.27. The van der Waals surface area contributed by atoms with Gasteiger partial charge in [-0.05, 0) is 87.3 Å². The lowest BCUT2D eigenvalue weighted by Gasteiger charge is -2.32. The molecule has 1 fully saturated rings. The van der Waals surface area contributed by atoms with Crippen molar-refractivity contribution in [2.75, 3.05) is 33.3 Å². The zero-order chi connectivity index (χ0) is 23.1. The first-order valence-electron chi connectivity index (χ1n) is 11.0. The highest BCUT2D eigenvalue weighted by atomic mass is 35.5. The molecule has 0 bridgehead atoms. The number of methoxy groups -OCH3 is 1. The number of hydrogen-bond donors (Lipinski definition) is 1. The molecule has 0 spiro atoms. The fourth-order valence-corrected chi connectivity index (χ4v) is 4.22. The molecule has 172 valence electrons. The number of nitrogens with one attached hydrogen (secondary N) is 1. The van der Waals surface area contributed by atoms with Crippen molar-refractivity contribution in [1.29, 1.82) is 0 Å². The van der Waals surface area contributed by atoms with Gasteiger partial charge < -0.3 is 15.0 Å². The quantitative estimate of drug-likeness (QED) is 0.495. The van der Waals surface area contributed by atoms with E-state index < -0.39 is 0 Å². The van der Waals surface area contributed by atoms with Crippen LogP contribution in [-0.2, 0) is 0 Å². The van der Waals surface area contributed by atoms with Crippen molar-refractivity contribution in [3.05, 3.63) is 63.6 Å². The second-order valence-corrected chi connectivity index (χ2v) is 9.26. The fourth-order valence-electron chi connectivity index (χ4n) is 3.92. The summed E-state index contributed by atoms with van der Waals surface area (Å²) >= 11 is 12.0. The lowest BCUT2D eigenvalue weighted by Crippen LogP contribution is -2.38.